The van der Waals surface area contributed by atoms with Gasteiger partial charge in [-0.05, 0) is 163 Å². The van der Waals surface area contributed by atoms with Gasteiger partial charge in [0.1, 0.15) is 0 Å². The van der Waals surface area contributed by atoms with E-state index in [1.807, 2.05) is 34.9 Å². The van der Waals surface area contributed by atoms with Crippen LogP contribution in [0.5, 0.6) is 0 Å². The van der Waals surface area contributed by atoms with E-state index in [1.165, 1.54) is 132 Å². The molecule has 114 heavy (non-hydrogen) atoms. The smallest absolute Gasteiger partial charge is 0.343 e. The van der Waals surface area contributed by atoms with Crippen LogP contribution in [0.4, 0.5) is 0 Å². The third-order valence-corrected chi connectivity index (χ3v) is 44.1. The Hall–Kier alpha value is -4.15. The number of hydrogen-bond donors (Lipinski definition) is 0. The first-order chi connectivity index (χ1) is 54.2. The van der Waals surface area contributed by atoms with Gasteiger partial charge < -0.3 is 58.2 Å². The van der Waals surface area contributed by atoms with Gasteiger partial charge in [0.2, 0.25) is 0 Å². The summed E-state index contributed by atoms with van der Waals surface area (Å²) in [5, 5.41) is 11.2. The molecule has 7 heterocycles. The standard InChI is InChI=1S/C28H21P.C25H36P2.C21H18P.C9H9.6C4H9.3Pt/c1-3-9-19(10-4-1)24-16-8-13-21-17-20-11-7-12-22-18-25(28(26(20)22)27(21)24)29-23-14-5-2-6-15-23;1-6-18-16-26(20-8-2-9-21(26)11-3-10-20)25-24(18)19(7-1)17-27(25)22-12-4-13-23(27)15-5-14-22;1-17-9-8-10-18-15-22(16-21(17)18,19-11-4-2-5-12-19)20-13-6-3-7-14-20;1-7-5-4-6-8(2)9(7)3;6*1-3-4-2;;;/h1-17,25,29H,18H2;1,6-7,20-23,25H,2-5,8-17H2;2-14,16H,1,15H2;4-6H,1-3H2;6*1,3-4H2,2H3;;;/q;+2;-1;-3;6*-1;;2*+4. The van der Waals surface area contributed by atoms with Crippen molar-refractivity contribution in [1.29, 1.82) is 0 Å². The molecule has 8 aliphatic rings. The third kappa shape index (κ3) is 23.7. The minimum absolute atomic E-state index is 0. The fraction of sp³-hybridized carbons (Fsp3) is 0.374. The van der Waals surface area contributed by atoms with E-state index < -0.39 is 21.8 Å². The molecule has 4 bridgehead atoms. The summed E-state index contributed by atoms with van der Waals surface area (Å²) in [5.41, 5.74) is 23.7. The predicted octanol–water partition coefficient (Wildman–Crippen LogP) is 31.7. The van der Waals surface area contributed by atoms with Gasteiger partial charge in [0.25, 0.3) is 0 Å². The molecular formula is C107H138P4Pt3. The van der Waals surface area contributed by atoms with Crippen molar-refractivity contribution in [3.8, 4) is 11.1 Å². The minimum Gasteiger partial charge on any atom is -0.343 e. The summed E-state index contributed by atoms with van der Waals surface area (Å²) < 4.78 is 0. The van der Waals surface area contributed by atoms with Gasteiger partial charge in [-0.1, -0.05) is 246 Å². The fourth-order valence-electron chi connectivity index (χ4n) is 18.7. The molecule has 616 valence electrons. The van der Waals surface area contributed by atoms with Crippen LogP contribution in [0.1, 0.15) is 268 Å². The number of unbranched alkanes of at least 4 members (excludes halogenated alkanes) is 6. The number of rotatable bonds is 11. The zero-order valence-electron chi connectivity index (χ0n) is 70.5. The maximum Gasteiger partial charge on any atom is 4.00 e. The number of fused-ring (bicyclic) bond motifs is 3. The molecule has 18 rings (SSSR count). The SMILES string of the molecule is [CH2-]CCC.[CH2-]CCC.[CH2-]CCC.[CH2-]CCC.[CH2-]CCC.[CH2-]CCC.[CH2-]c1cccc([CH2-])c1[CH2-].[CH2-]c1cccc2c1[CH-][P+](c1ccccc1)(c1ccccc1)C2.[Pt+4].[Pt+4].[Pt].c1cc2c3c(c1)C[P+]1(C4CCCC1CCC4)C3[P+]1(C2)C2CCCC1CCC2.c1ccc(PC2Cc3cccc4cc5cccc(-c6ccccc6)c5c2c34)cc1. The van der Waals surface area contributed by atoms with E-state index in [-0.39, 0.29) is 63.2 Å². The molecule has 4 saturated heterocycles. The van der Waals surface area contributed by atoms with Crippen molar-refractivity contribution >= 4 is 67.8 Å². The molecule has 2 atom stereocenters. The summed E-state index contributed by atoms with van der Waals surface area (Å²) in [4.78, 5) is 0. The summed E-state index contributed by atoms with van der Waals surface area (Å²) in [6.45, 7) is 49.9. The van der Waals surface area contributed by atoms with Crippen molar-refractivity contribution in [3.05, 3.63) is 355 Å². The molecule has 2 unspecified atom stereocenters. The van der Waals surface area contributed by atoms with Gasteiger partial charge in [-0.3, -0.25) is 38.8 Å². The van der Waals surface area contributed by atoms with Crippen LogP contribution in [0, 0.1) is 75.4 Å². The second-order valence-electron chi connectivity index (χ2n) is 31.8. The molecule has 0 nitrogen and oxygen atoms in total. The van der Waals surface area contributed by atoms with Gasteiger partial charge in [-0.2, -0.15) is 50.2 Å². The van der Waals surface area contributed by atoms with Crippen LogP contribution in [-0.4, -0.2) is 22.6 Å². The summed E-state index contributed by atoms with van der Waals surface area (Å²) in [5.74, 6) is 0. The maximum atomic E-state index is 4.23. The van der Waals surface area contributed by atoms with Crippen molar-refractivity contribution in [1.82, 2.24) is 0 Å². The van der Waals surface area contributed by atoms with E-state index in [0.717, 1.165) is 81.9 Å². The Bertz CT molecular complexity index is 4160. The van der Waals surface area contributed by atoms with Crippen LogP contribution >= 0.6 is 30.4 Å². The van der Waals surface area contributed by atoms with Crippen molar-refractivity contribution < 1.29 is 63.2 Å². The zero-order valence-corrected chi connectivity index (χ0v) is 81.0. The normalized spacial score (nSPS) is 20.9. The molecule has 7 aliphatic heterocycles. The first-order valence-corrected chi connectivity index (χ1v) is 50.5. The molecule has 1 aliphatic carbocycles. The van der Waals surface area contributed by atoms with Gasteiger partial charge >= 0.3 is 42.1 Å². The summed E-state index contributed by atoms with van der Waals surface area (Å²) in [7, 11) is -2.41. The topological polar surface area (TPSA) is 0 Å². The summed E-state index contributed by atoms with van der Waals surface area (Å²) in [6, 6.07) is 79.8. The summed E-state index contributed by atoms with van der Waals surface area (Å²) >= 11 is 0. The Morgan fingerprint density at radius 1 is 0.368 bits per heavy atom. The predicted molar refractivity (Wildman–Crippen MR) is 507 cm³/mol. The van der Waals surface area contributed by atoms with Gasteiger partial charge in [0.05, 0.1) is 60.1 Å². The van der Waals surface area contributed by atoms with Crippen LogP contribution in [-0.2, 0) is 88.1 Å². The first kappa shape index (κ1) is 98.7. The second-order valence-corrected chi connectivity index (χ2v) is 45.7. The number of hydrogen-bond acceptors (Lipinski definition) is 0. The van der Waals surface area contributed by atoms with E-state index in [9.17, 15) is 0 Å². The largest absolute Gasteiger partial charge is 4.00 e. The van der Waals surface area contributed by atoms with Crippen LogP contribution in [0.3, 0.4) is 0 Å². The molecule has 7 heteroatoms. The van der Waals surface area contributed by atoms with Gasteiger partial charge in [-0.15, -0.1) is 12.1 Å². The van der Waals surface area contributed by atoms with Crippen molar-refractivity contribution in [2.75, 3.05) is 0 Å². The minimum atomic E-state index is -1.53. The fourth-order valence-corrected chi connectivity index (χ4v) is 43.0. The van der Waals surface area contributed by atoms with Crippen LogP contribution < -0.4 is 15.9 Å². The molecule has 0 saturated carbocycles. The van der Waals surface area contributed by atoms with Crippen molar-refractivity contribution in [2.24, 2.45) is 0 Å². The number of benzene rings is 10. The Morgan fingerprint density at radius 2 is 0.719 bits per heavy atom. The molecule has 0 N–H and O–H groups in total. The third-order valence-electron chi connectivity index (χ3n) is 24.4. The van der Waals surface area contributed by atoms with E-state index in [2.05, 4.69) is 317 Å². The molecule has 0 radical (unpaired) electrons. The quantitative estimate of drug-likeness (QED) is 0.0688. The Labute approximate surface area is 744 Å². The Kier molecular flexibility index (Phi) is 44.0. The Balaban J connectivity index is 0.000000221. The van der Waals surface area contributed by atoms with E-state index in [0.29, 0.717) is 5.66 Å². The molecular weight excluding hydrogens is 1990 g/mol. The van der Waals surface area contributed by atoms with Gasteiger partial charge in [0, 0.05) is 56.8 Å². The molecule has 0 amide bonds. The Morgan fingerprint density at radius 3 is 1.13 bits per heavy atom. The van der Waals surface area contributed by atoms with E-state index in [1.54, 1.807) is 94.9 Å². The summed E-state index contributed by atoms with van der Waals surface area (Å²) in [6.07, 6.45) is 41.0. The second kappa shape index (κ2) is 50.8. The molecule has 4 fully saturated rings. The molecule has 10 aromatic carbocycles. The molecule has 2 spiro atoms. The first-order valence-electron chi connectivity index (χ1n) is 43.0. The van der Waals surface area contributed by atoms with Gasteiger partial charge in [-0.25, -0.2) is 18.2 Å². The van der Waals surface area contributed by atoms with E-state index in [4.69, 9.17) is 0 Å². The molecule has 10 aromatic rings. The van der Waals surface area contributed by atoms with Gasteiger partial charge in [0.15, 0.2) is 5.40 Å². The monoisotopic (exact) mass is 2130 g/mol. The van der Waals surface area contributed by atoms with Crippen LogP contribution in [0.15, 0.2) is 218 Å². The van der Waals surface area contributed by atoms with E-state index >= 15 is 0 Å². The van der Waals surface area contributed by atoms with Crippen LogP contribution in [0.2, 0.25) is 0 Å². The average molecular weight is 2130 g/mol. The average Bonchev–Trinajstić information content (AvgIpc) is 1.49. The van der Waals surface area contributed by atoms with Crippen LogP contribution in [0.25, 0.3) is 32.7 Å². The molecule has 0 aromatic heterocycles. The maximum absolute atomic E-state index is 4.23. The zero-order chi connectivity index (χ0) is 79.2. The van der Waals surface area contributed by atoms with Crippen molar-refractivity contribution in [2.45, 2.75) is 254 Å². The van der Waals surface area contributed by atoms with Crippen molar-refractivity contribution in [3.63, 3.8) is 0 Å².